The smallest absolute Gasteiger partial charge is 0.263 e. The molecule has 0 aliphatic rings. The van der Waals surface area contributed by atoms with Crippen molar-refractivity contribution >= 4 is 5.69 Å². The Morgan fingerprint density at radius 2 is 1.71 bits per heavy atom. The lowest BCUT2D eigenvalue weighted by molar-refractivity contribution is -0.459. The van der Waals surface area contributed by atoms with E-state index >= 15 is 0 Å². The fourth-order valence-electron chi connectivity index (χ4n) is 2.10. The molecule has 107 valence electrons. The first-order valence-corrected chi connectivity index (χ1v) is 6.28. The van der Waals surface area contributed by atoms with Crippen LogP contribution in [-0.4, -0.2) is 9.85 Å². The zero-order valence-corrected chi connectivity index (χ0v) is 11.4. The van der Waals surface area contributed by atoms with Gasteiger partial charge in [-0.3, -0.25) is 20.2 Å². The molecule has 0 saturated carbocycles. The van der Waals surface area contributed by atoms with Crippen molar-refractivity contribution < 1.29 is 9.85 Å². The van der Waals surface area contributed by atoms with Crippen molar-refractivity contribution in [3.05, 3.63) is 91.5 Å². The standard InChI is InChI=1S/C15H13N2O4/c1-11-9-13(7-8-14(11)16(18)19)15(17(20)21)10-12-5-3-2-4-6-12/h2-9H,10H2,1H3. The van der Waals surface area contributed by atoms with E-state index in [1.54, 1.807) is 6.92 Å². The molecule has 0 bridgehead atoms. The Morgan fingerprint density at radius 3 is 2.24 bits per heavy atom. The van der Waals surface area contributed by atoms with E-state index in [-0.39, 0.29) is 18.2 Å². The Kier molecular flexibility index (Phi) is 4.27. The Morgan fingerprint density at radius 1 is 1.05 bits per heavy atom. The van der Waals surface area contributed by atoms with Crippen molar-refractivity contribution in [3.63, 3.8) is 0 Å². The SMILES string of the molecule is Cc1cc([C](Cc2ccccc2)[N+](=O)[O-])ccc1[N+](=O)[O-]. The minimum absolute atomic E-state index is 0.0270. The van der Waals surface area contributed by atoms with E-state index in [2.05, 4.69) is 0 Å². The summed E-state index contributed by atoms with van der Waals surface area (Å²) in [4.78, 5) is 21.1. The van der Waals surface area contributed by atoms with Crippen LogP contribution in [0.2, 0.25) is 0 Å². The first-order valence-electron chi connectivity index (χ1n) is 6.28. The summed E-state index contributed by atoms with van der Waals surface area (Å²) in [7, 11) is 0. The van der Waals surface area contributed by atoms with Gasteiger partial charge in [-0.05, 0) is 24.6 Å². The molecule has 0 unspecified atom stereocenters. The van der Waals surface area contributed by atoms with Gasteiger partial charge in [0, 0.05) is 22.1 Å². The summed E-state index contributed by atoms with van der Waals surface area (Å²) < 4.78 is 0. The number of aryl methyl sites for hydroxylation is 1. The van der Waals surface area contributed by atoms with Crippen LogP contribution >= 0.6 is 0 Å². The highest BCUT2D eigenvalue weighted by Gasteiger charge is 2.28. The number of nitro benzene ring substituents is 1. The van der Waals surface area contributed by atoms with Gasteiger partial charge in [-0.25, -0.2) is 0 Å². The lowest BCUT2D eigenvalue weighted by Crippen LogP contribution is -2.15. The largest absolute Gasteiger partial charge is 0.324 e. The van der Waals surface area contributed by atoms with Gasteiger partial charge in [0.2, 0.25) is 0 Å². The van der Waals surface area contributed by atoms with E-state index < -0.39 is 9.85 Å². The lowest BCUT2D eigenvalue weighted by atomic mass is 9.97. The molecule has 21 heavy (non-hydrogen) atoms. The summed E-state index contributed by atoms with van der Waals surface area (Å²) in [6, 6.07) is 13.3. The Balaban J connectivity index is 2.33. The van der Waals surface area contributed by atoms with Crippen LogP contribution in [0.1, 0.15) is 16.7 Å². The van der Waals surface area contributed by atoms with Crippen LogP contribution in [0, 0.1) is 33.2 Å². The van der Waals surface area contributed by atoms with Crippen molar-refractivity contribution in [2.24, 2.45) is 0 Å². The highest BCUT2D eigenvalue weighted by molar-refractivity contribution is 5.45. The lowest BCUT2D eigenvalue weighted by Gasteiger charge is -2.08. The van der Waals surface area contributed by atoms with Crippen LogP contribution in [0.25, 0.3) is 0 Å². The molecule has 0 saturated heterocycles. The van der Waals surface area contributed by atoms with Crippen molar-refractivity contribution in [1.29, 1.82) is 0 Å². The van der Waals surface area contributed by atoms with Gasteiger partial charge in [-0.1, -0.05) is 30.3 Å². The van der Waals surface area contributed by atoms with E-state index in [9.17, 15) is 20.2 Å². The van der Waals surface area contributed by atoms with Crippen LogP contribution in [-0.2, 0) is 6.42 Å². The van der Waals surface area contributed by atoms with Crippen molar-refractivity contribution in [2.75, 3.05) is 0 Å². The molecule has 0 aliphatic carbocycles. The summed E-state index contributed by atoms with van der Waals surface area (Å²) >= 11 is 0. The first-order chi connectivity index (χ1) is 9.99. The van der Waals surface area contributed by atoms with E-state index in [4.69, 9.17) is 0 Å². The topological polar surface area (TPSA) is 86.3 Å². The molecule has 0 N–H and O–H groups in total. The third-order valence-electron chi connectivity index (χ3n) is 3.16. The highest BCUT2D eigenvalue weighted by Crippen LogP contribution is 2.26. The maximum atomic E-state index is 11.3. The van der Waals surface area contributed by atoms with E-state index in [0.717, 1.165) is 5.56 Å². The molecule has 0 aromatic heterocycles. The average molecular weight is 285 g/mol. The van der Waals surface area contributed by atoms with E-state index in [1.807, 2.05) is 30.3 Å². The Hall–Kier alpha value is -2.76. The van der Waals surface area contributed by atoms with Gasteiger partial charge < -0.3 is 0 Å². The summed E-state index contributed by atoms with van der Waals surface area (Å²) in [5.74, 6) is 0. The second-order valence-corrected chi connectivity index (χ2v) is 4.62. The molecule has 6 heteroatoms. The monoisotopic (exact) mass is 285 g/mol. The number of hydrogen-bond donors (Lipinski definition) is 0. The molecule has 2 rings (SSSR count). The van der Waals surface area contributed by atoms with Gasteiger partial charge in [0.25, 0.3) is 5.69 Å². The zero-order valence-electron chi connectivity index (χ0n) is 11.4. The number of rotatable bonds is 5. The van der Waals surface area contributed by atoms with Gasteiger partial charge in [0.15, 0.2) is 0 Å². The maximum absolute atomic E-state index is 11.3. The maximum Gasteiger partial charge on any atom is 0.324 e. The Bertz CT molecular complexity index is 671. The molecule has 2 aromatic carbocycles. The summed E-state index contributed by atoms with van der Waals surface area (Å²) in [6.45, 7) is 1.57. The second kappa shape index (κ2) is 6.13. The van der Waals surface area contributed by atoms with Crippen LogP contribution in [0.15, 0.2) is 48.5 Å². The minimum atomic E-state index is -0.498. The van der Waals surface area contributed by atoms with Crippen molar-refractivity contribution in [2.45, 2.75) is 13.3 Å². The predicted octanol–water partition coefficient (Wildman–Crippen LogP) is 3.30. The third-order valence-corrected chi connectivity index (χ3v) is 3.16. The zero-order chi connectivity index (χ0) is 15.4. The quantitative estimate of drug-likeness (QED) is 0.623. The summed E-state index contributed by atoms with van der Waals surface area (Å²) in [6.07, 6.45) is 0.172. The van der Waals surface area contributed by atoms with Crippen molar-refractivity contribution in [3.8, 4) is 0 Å². The number of nitrogens with zero attached hydrogens (tertiary/aromatic N) is 2. The minimum Gasteiger partial charge on any atom is -0.263 e. The average Bonchev–Trinajstić information content (AvgIpc) is 2.45. The molecule has 0 fully saturated rings. The van der Waals surface area contributed by atoms with Crippen LogP contribution in [0.3, 0.4) is 0 Å². The van der Waals surface area contributed by atoms with E-state index in [0.29, 0.717) is 11.1 Å². The molecule has 2 aromatic rings. The van der Waals surface area contributed by atoms with Crippen molar-refractivity contribution in [1.82, 2.24) is 0 Å². The molecule has 0 heterocycles. The van der Waals surface area contributed by atoms with Gasteiger partial charge in [-0.2, -0.15) is 0 Å². The molecule has 0 atom stereocenters. The van der Waals surface area contributed by atoms with Crippen LogP contribution in [0.4, 0.5) is 5.69 Å². The third kappa shape index (κ3) is 3.42. The molecule has 0 spiro atoms. The van der Waals surface area contributed by atoms with Crippen LogP contribution < -0.4 is 0 Å². The van der Waals surface area contributed by atoms with Crippen LogP contribution in [0.5, 0.6) is 0 Å². The summed E-state index contributed by atoms with van der Waals surface area (Å²) in [5, 5.41) is 22.1. The normalized spacial score (nSPS) is 10.6. The fourth-order valence-corrected chi connectivity index (χ4v) is 2.10. The predicted molar refractivity (Wildman–Crippen MR) is 77.3 cm³/mol. The van der Waals surface area contributed by atoms with E-state index in [1.165, 1.54) is 18.2 Å². The molecule has 6 nitrogen and oxygen atoms in total. The van der Waals surface area contributed by atoms with Gasteiger partial charge >= 0.3 is 6.04 Å². The number of hydrogen-bond acceptors (Lipinski definition) is 4. The fraction of sp³-hybridized carbons (Fsp3) is 0.133. The number of nitro groups is 2. The number of benzene rings is 2. The van der Waals surface area contributed by atoms with Gasteiger partial charge in [-0.15, -0.1) is 0 Å². The highest BCUT2D eigenvalue weighted by atomic mass is 16.6. The molecular formula is C15H13N2O4. The molecular weight excluding hydrogens is 272 g/mol. The molecule has 1 radical (unpaired) electrons. The summed E-state index contributed by atoms with van der Waals surface area (Å²) in [5.41, 5.74) is 1.58. The Labute approximate surface area is 121 Å². The first kappa shape index (κ1) is 14.6. The molecule has 0 amide bonds. The second-order valence-electron chi connectivity index (χ2n) is 4.62. The molecule has 0 aliphatic heterocycles. The van der Waals surface area contributed by atoms with Gasteiger partial charge in [0.1, 0.15) is 0 Å². The van der Waals surface area contributed by atoms with Gasteiger partial charge in [0.05, 0.1) is 11.3 Å².